The van der Waals surface area contributed by atoms with Gasteiger partial charge in [-0.15, -0.1) is 0 Å². The molecule has 1 atom stereocenters. The second kappa shape index (κ2) is 5.29. The number of hydrogen-bond acceptors (Lipinski definition) is 6. The van der Waals surface area contributed by atoms with Crippen molar-refractivity contribution in [3.63, 3.8) is 0 Å². The summed E-state index contributed by atoms with van der Waals surface area (Å²) in [7, 11) is -6.86. The van der Waals surface area contributed by atoms with E-state index in [9.17, 15) is 16.8 Å². The third kappa shape index (κ3) is 3.18. The van der Waals surface area contributed by atoms with E-state index in [4.69, 9.17) is 4.42 Å². The molecule has 1 saturated heterocycles. The van der Waals surface area contributed by atoms with E-state index in [1.807, 2.05) is 20.8 Å². The molecule has 1 unspecified atom stereocenters. The Balaban J connectivity index is 1.83. The van der Waals surface area contributed by atoms with Gasteiger partial charge >= 0.3 is 0 Å². The summed E-state index contributed by atoms with van der Waals surface area (Å²) in [6.07, 6.45) is 0.650. The van der Waals surface area contributed by atoms with Crippen molar-refractivity contribution in [3.8, 4) is 0 Å². The van der Waals surface area contributed by atoms with Gasteiger partial charge in [0.2, 0.25) is 10.0 Å². The van der Waals surface area contributed by atoms with E-state index in [-0.39, 0.29) is 29.9 Å². The van der Waals surface area contributed by atoms with Gasteiger partial charge in [0.25, 0.3) is 0 Å². The molecular formula is C14H22N2O5S2. The van der Waals surface area contributed by atoms with Gasteiger partial charge in [-0.1, -0.05) is 20.8 Å². The van der Waals surface area contributed by atoms with Gasteiger partial charge in [-0.2, -0.15) is 4.31 Å². The zero-order chi connectivity index (χ0) is 17.0. The van der Waals surface area contributed by atoms with Crippen LogP contribution >= 0.6 is 0 Å². The third-order valence-electron chi connectivity index (χ3n) is 4.31. The van der Waals surface area contributed by atoms with Crippen molar-refractivity contribution in [1.82, 2.24) is 9.29 Å². The minimum atomic E-state index is -3.63. The highest BCUT2D eigenvalue weighted by Crippen LogP contribution is 2.30. The van der Waals surface area contributed by atoms with E-state index in [1.165, 1.54) is 4.31 Å². The predicted molar refractivity (Wildman–Crippen MR) is 85.3 cm³/mol. The lowest BCUT2D eigenvalue weighted by Gasteiger charge is -2.27. The molecule has 9 heteroatoms. The van der Waals surface area contributed by atoms with Crippen molar-refractivity contribution < 1.29 is 21.3 Å². The van der Waals surface area contributed by atoms with E-state index in [0.717, 1.165) is 5.76 Å². The molecule has 1 aromatic rings. The van der Waals surface area contributed by atoms with Gasteiger partial charge in [-0.25, -0.2) is 21.8 Å². The fourth-order valence-electron chi connectivity index (χ4n) is 2.92. The van der Waals surface area contributed by atoms with Crippen molar-refractivity contribution in [1.29, 1.82) is 0 Å². The molecular weight excluding hydrogens is 340 g/mol. The number of oxazole rings is 1. The van der Waals surface area contributed by atoms with Crippen molar-refractivity contribution in [2.75, 3.05) is 18.1 Å². The number of aromatic nitrogens is 1. The SMILES string of the molecule is CC(C)(C)c1nc2c(o1)CCN(S(=O)(=O)C1CCS(=O)(=O)C1)C2. The average molecular weight is 362 g/mol. The van der Waals surface area contributed by atoms with Gasteiger partial charge in [0.1, 0.15) is 5.76 Å². The molecule has 130 valence electrons. The number of nitrogens with zero attached hydrogens (tertiary/aromatic N) is 2. The molecule has 23 heavy (non-hydrogen) atoms. The first-order chi connectivity index (χ1) is 10.5. The lowest BCUT2D eigenvalue weighted by molar-refractivity contribution is 0.337. The second-order valence-corrected chi connectivity index (χ2v) is 11.7. The Hall–Kier alpha value is -0.930. The smallest absolute Gasteiger partial charge is 0.218 e. The number of hydrogen-bond donors (Lipinski definition) is 0. The van der Waals surface area contributed by atoms with E-state index < -0.39 is 25.1 Å². The Kier molecular flexibility index (Phi) is 3.89. The highest BCUT2D eigenvalue weighted by Gasteiger charge is 2.42. The number of sulfone groups is 1. The maximum absolute atomic E-state index is 12.7. The molecule has 1 fully saturated rings. The molecule has 0 radical (unpaired) electrons. The van der Waals surface area contributed by atoms with Crippen LogP contribution in [0.25, 0.3) is 0 Å². The zero-order valence-electron chi connectivity index (χ0n) is 13.6. The molecule has 0 bridgehead atoms. The summed E-state index contributed by atoms with van der Waals surface area (Å²) in [5, 5.41) is -0.831. The monoisotopic (exact) mass is 362 g/mol. The Labute approximate surface area is 137 Å². The standard InChI is InChI=1S/C14H22N2O5S2/c1-14(2,3)13-15-11-8-16(6-4-12(11)21-13)23(19,20)10-5-7-22(17,18)9-10/h10H,4-9H2,1-3H3. The summed E-state index contributed by atoms with van der Waals surface area (Å²) in [6, 6.07) is 0. The molecule has 7 nitrogen and oxygen atoms in total. The van der Waals surface area contributed by atoms with Crippen molar-refractivity contribution in [2.24, 2.45) is 0 Å². The first-order valence-corrected chi connectivity index (χ1v) is 11.0. The minimum absolute atomic E-state index is 0.0475. The van der Waals surface area contributed by atoms with Crippen LogP contribution in [-0.4, -0.2) is 49.4 Å². The second-order valence-electron chi connectivity index (χ2n) is 7.29. The summed E-state index contributed by atoms with van der Waals surface area (Å²) < 4.78 is 55.6. The number of sulfonamides is 1. The van der Waals surface area contributed by atoms with Crippen LogP contribution in [-0.2, 0) is 38.2 Å². The van der Waals surface area contributed by atoms with Gasteiger partial charge in [0.05, 0.1) is 29.0 Å². The Morgan fingerprint density at radius 1 is 1.30 bits per heavy atom. The van der Waals surface area contributed by atoms with Crippen molar-refractivity contribution >= 4 is 19.9 Å². The maximum Gasteiger partial charge on any atom is 0.218 e. The minimum Gasteiger partial charge on any atom is -0.445 e. The summed E-state index contributed by atoms with van der Waals surface area (Å²) in [5.74, 6) is 1.02. The molecule has 0 aliphatic carbocycles. The van der Waals surface area contributed by atoms with Crippen molar-refractivity contribution in [2.45, 2.75) is 50.8 Å². The number of rotatable bonds is 2. The predicted octanol–water partition coefficient (Wildman–Crippen LogP) is 0.847. The van der Waals surface area contributed by atoms with E-state index >= 15 is 0 Å². The highest BCUT2D eigenvalue weighted by atomic mass is 32.2. The average Bonchev–Trinajstić information content (AvgIpc) is 3.00. The first-order valence-electron chi connectivity index (χ1n) is 7.67. The Bertz CT molecular complexity index is 818. The Morgan fingerprint density at radius 2 is 2.00 bits per heavy atom. The van der Waals surface area contributed by atoms with Crippen LogP contribution in [0.1, 0.15) is 44.5 Å². The molecule has 0 saturated carbocycles. The number of fused-ring (bicyclic) bond motifs is 1. The van der Waals surface area contributed by atoms with E-state index in [2.05, 4.69) is 4.98 Å². The van der Waals surface area contributed by atoms with Gasteiger partial charge in [-0.3, -0.25) is 0 Å². The quantitative estimate of drug-likeness (QED) is 0.773. The van der Waals surface area contributed by atoms with E-state index in [1.54, 1.807) is 0 Å². The third-order valence-corrected chi connectivity index (χ3v) is 8.56. The molecule has 0 amide bonds. The van der Waals surface area contributed by atoms with Crippen LogP contribution in [0.4, 0.5) is 0 Å². The summed E-state index contributed by atoms with van der Waals surface area (Å²) in [6.45, 7) is 6.44. The fourth-order valence-corrected chi connectivity index (χ4v) is 7.41. The van der Waals surface area contributed by atoms with Crippen LogP contribution < -0.4 is 0 Å². The molecule has 0 N–H and O–H groups in total. The summed E-state index contributed by atoms with van der Waals surface area (Å²) in [4.78, 5) is 4.45. The van der Waals surface area contributed by atoms with Gasteiger partial charge < -0.3 is 4.42 Å². The van der Waals surface area contributed by atoms with Crippen LogP contribution in [0.2, 0.25) is 0 Å². The van der Waals surface area contributed by atoms with Crippen molar-refractivity contribution in [3.05, 3.63) is 17.3 Å². The Morgan fingerprint density at radius 3 is 2.57 bits per heavy atom. The zero-order valence-corrected chi connectivity index (χ0v) is 15.2. The van der Waals surface area contributed by atoms with E-state index in [0.29, 0.717) is 24.6 Å². The van der Waals surface area contributed by atoms with Crippen LogP contribution in [0.15, 0.2) is 4.42 Å². The summed E-state index contributed by atoms with van der Waals surface area (Å²) in [5.41, 5.74) is 0.409. The topological polar surface area (TPSA) is 97.6 Å². The molecule has 3 heterocycles. The molecule has 1 aromatic heterocycles. The van der Waals surface area contributed by atoms with Gasteiger partial charge in [0, 0.05) is 18.4 Å². The van der Waals surface area contributed by atoms with Crippen LogP contribution in [0.3, 0.4) is 0 Å². The largest absolute Gasteiger partial charge is 0.445 e. The van der Waals surface area contributed by atoms with Crippen LogP contribution in [0.5, 0.6) is 0 Å². The lowest BCUT2D eigenvalue weighted by Crippen LogP contribution is -2.42. The highest BCUT2D eigenvalue weighted by molar-refractivity contribution is 7.95. The molecule has 0 spiro atoms. The normalized spacial score (nSPS) is 25.4. The summed E-state index contributed by atoms with van der Waals surface area (Å²) >= 11 is 0. The maximum atomic E-state index is 12.7. The first kappa shape index (κ1) is 16.9. The van der Waals surface area contributed by atoms with Gasteiger partial charge in [-0.05, 0) is 6.42 Å². The lowest BCUT2D eigenvalue weighted by atomic mass is 9.97. The molecule has 0 aromatic carbocycles. The molecule has 2 aliphatic heterocycles. The van der Waals surface area contributed by atoms with Crippen LogP contribution in [0, 0.1) is 0 Å². The van der Waals surface area contributed by atoms with Gasteiger partial charge in [0.15, 0.2) is 15.7 Å². The molecule has 2 aliphatic rings. The fraction of sp³-hybridized carbons (Fsp3) is 0.786. The molecule has 3 rings (SSSR count).